The van der Waals surface area contributed by atoms with Crippen LogP contribution in [-0.2, 0) is 30.8 Å². The number of benzene rings is 1. The molecule has 2 aromatic rings. The Morgan fingerprint density at radius 2 is 1.63 bits per heavy atom. The molecule has 0 radical (unpaired) electrons. The van der Waals surface area contributed by atoms with E-state index in [-0.39, 0.29) is 11.5 Å². The molecule has 1 aromatic carbocycles. The predicted octanol–water partition coefficient (Wildman–Crippen LogP) is 2.10. The lowest BCUT2D eigenvalue weighted by Gasteiger charge is -2.29. The van der Waals surface area contributed by atoms with Gasteiger partial charge >= 0.3 is 5.97 Å². The van der Waals surface area contributed by atoms with Crippen LogP contribution in [0.4, 0.5) is 0 Å². The van der Waals surface area contributed by atoms with Crippen LogP contribution in [0.15, 0.2) is 35.3 Å². The number of rotatable bonds is 5. The van der Waals surface area contributed by atoms with Crippen molar-refractivity contribution in [1.82, 2.24) is 14.4 Å². The van der Waals surface area contributed by atoms with Crippen LogP contribution in [0.3, 0.4) is 0 Å². The van der Waals surface area contributed by atoms with Crippen molar-refractivity contribution in [3.05, 3.63) is 68.6 Å². The molecule has 7 nitrogen and oxygen atoms in total. The van der Waals surface area contributed by atoms with Crippen LogP contribution >= 0.6 is 0 Å². The molecule has 7 heteroatoms. The van der Waals surface area contributed by atoms with E-state index in [0.29, 0.717) is 31.6 Å². The molecule has 0 atom stereocenters. The maximum absolute atomic E-state index is 12.9. The third kappa shape index (κ3) is 4.16. The van der Waals surface area contributed by atoms with E-state index in [4.69, 9.17) is 0 Å². The summed E-state index contributed by atoms with van der Waals surface area (Å²) in [5.74, 6) is -1.26. The van der Waals surface area contributed by atoms with Crippen LogP contribution < -0.4 is 5.56 Å². The average Bonchev–Trinajstić information content (AvgIpc) is 3.22. The van der Waals surface area contributed by atoms with Crippen molar-refractivity contribution in [1.29, 1.82) is 0 Å². The molecule has 0 bridgehead atoms. The number of amides is 1. The summed E-state index contributed by atoms with van der Waals surface area (Å²) in [6.45, 7) is 5.79. The van der Waals surface area contributed by atoms with Crippen LogP contribution in [-0.4, -0.2) is 51.0 Å². The van der Waals surface area contributed by atoms with E-state index in [9.17, 15) is 19.5 Å². The van der Waals surface area contributed by atoms with Gasteiger partial charge in [-0.25, -0.2) is 4.79 Å². The number of aromatic carboxylic acids is 1. The number of hydrogen-bond donors (Lipinski definition) is 1. The smallest absolute Gasteiger partial charge is 0.341 e. The van der Waals surface area contributed by atoms with Crippen molar-refractivity contribution in [2.45, 2.75) is 45.8 Å². The summed E-state index contributed by atoms with van der Waals surface area (Å²) in [4.78, 5) is 40.6. The van der Waals surface area contributed by atoms with Gasteiger partial charge in [-0.2, -0.15) is 0 Å². The number of nitrogens with zero attached hydrogens (tertiary/aromatic N) is 3. The van der Waals surface area contributed by atoms with Gasteiger partial charge in [-0.15, -0.1) is 0 Å². The maximum Gasteiger partial charge on any atom is 0.341 e. The van der Waals surface area contributed by atoms with E-state index in [0.717, 1.165) is 30.8 Å². The Labute approximate surface area is 175 Å². The summed E-state index contributed by atoms with van der Waals surface area (Å²) in [7, 11) is 0. The van der Waals surface area contributed by atoms with Gasteiger partial charge in [-0.1, -0.05) is 24.3 Å². The lowest BCUT2D eigenvalue weighted by molar-refractivity contribution is -0.129. The van der Waals surface area contributed by atoms with Crippen molar-refractivity contribution in [3.63, 3.8) is 0 Å². The second-order valence-electron chi connectivity index (χ2n) is 8.24. The van der Waals surface area contributed by atoms with Crippen LogP contribution in [0.5, 0.6) is 0 Å². The van der Waals surface area contributed by atoms with Gasteiger partial charge < -0.3 is 14.6 Å². The Morgan fingerprint density at radius 3 is 2.23 bits per heavy atom. The van der Waals surface area contributed by atoms with Gasteiger partial charge in [0.2, 0.25) is 5.91 Å². The van der Waals surface area contributed by atoms with E-state index < -0.39 is 11.5 Å². The molecule has 1 saturated heterocycles. The zero-order valence-electron chi connectivity index (χ0n) is 17.3. The zero-order chi connectivity index (χ0) is 21.3. The average molecular weight is 409 g/mol. The molecule has 30 heavy (non-hydrogen) atoms. The lowest BCUT2D eigenvalue weighted by Crippen LogP contribution is -2.38. The molecule has 1 amide bonds. The zero-order valence-corrected chi connectivity index (χ0v) is 17.3. The summed E-state index contributed by atoms with van der Waals surface area (Å²) in [6, 6.07) is 8.15. The van der Waals surface area contributed by atoms with Crippen molar-refractivity contribution < 1.29 is 14.7 Å². The minimum absolute atomic E-state index is 0.0520. The predicted molar refractivity (Wildman–Crippen MR) is 113 cm³/mol. The topological polar surface area (TPSA) is 82.9 Å². The van der Waals surface area contributed by atoms with Gasteiger partial charge in [0.25, 0.3) is 5.56 Å². The minimum atomic E-state index is -1.21. The first kappa shape index (κ1) is 20.3. The van der Waals surface area contributed by atoms with Crippen LogP contribution in [0, 0.1) is 0 Å². The monoisotopic (exact) mass is 409 g/mol. The number of fused-ring (bicyclic) bond motifs is 1. The first-order valence-corrected chi connectivity index (χ1v) is 10.5. The van der Waals surface area contributed by atoms with E-state index in [1.165, 1.54) is 29.9 Å². The Balaban J connectivity index is 1.60. The lowest BCUT2D eigenvalue weighted by atomic mass is 9.96. The summed E-state index contributed by atoms with van der Waals surface area (Å²) >= 11 is 0. The first-order chi connectivity index (χ1) is 14.4. The minimum Gasteiger partial charge on any atom is -0.477 e. The summed E-state index contributed by atoms with van der Waals surface area (Å²) in [5.41, 5.74) is 2.82. The fourth-order valence-corrected chi connectivity index (χ4v) is 4.46. The molecular formula is C23H27N3O4. The number of carbonyl (C=O) groups excluding carboxylic acids is 1. The molecule has 1 aromatic heterocycles. The van der Waals surface area contributed by atoms with Crippen molar-refractivity contribution >= 4 is 11.9 Å². The van der Waals surface area contributed by atoms with Crippen molar-refractivity contribution in [3.8, 4) is 0 Å². The second kappa shape index (κ2) is 8.44. The first-order valence-electron chi connectivity index (χ1n) is 10.5. The number of pyridine rings is 1. The van der Waals surface area contributed by atoms with E-state index >= 15 is 0 Å². The summed E-state index contributed by atoms with van der Waals surface area (Å²) in [6.07, 6.45) is 4.62. The number of carbonyl (C=O) groups is 2. The van der Waals surface area contributed by atoms with E-state index in [2.05, 4.69) is 17.0 Å². The molecule has 158 valence electrons. The molecule has 0 aliphatic carbocycles. The van der Waals surface area contributed by atoms with E-state index in [1.807, 2.05) is 12.1 Å². The molecule has 1 N–H and O–H groups in total. The fraction of sp³-hybridized carbons (Fsp3) is 0.435. The normalized spacial score (nSPS) is 16.5. The number of likely N-dealkylation sites (tertiary alicyclic amines) is 1. The number of hydrogen-bond acceptors (Lipinski definition) is 4. The molecule has 1 fully saturated rings. The maximum atomic E-state index is 12.9. The fourth-order valence-electron chi connectivity index (χ4n) is 4.46. The van der Waals surface area contributed by atoms with E-state index in [1.54, 1.807) is 11.1 Å². The Bertz CT molecular complexity index is 1020. The van der Waals surface area contributed by atoms with Gasteiger partial charge in [0.15, 0.2) is 0 Å². The van der Waals surface area contributed by atoms with Gasteiger partial charge in [0, 0.05) is 32.8 Å². The van der Waals surface area contributed by atoms with Gasteiger partial charge in [0.1, 0.15) is 5.56 Å². The third-order valence-electron chi connectivity index (χ3n) is 6.11. The molecular weight excluding hydrogens is 382 g/mol. The SMILES string of the molecule is CC(=O)N1CCc2c(cn(Cc3ccc(CN4CCCC4)cc3)c(=O)c2C(=O)O)C1. The number of aromatic nitrogens is 1. The van der Waals surface area contributed by atoms with Gasteiger partial charge in [0.05, 0.1) is 6.54 Å². The van der Waals surface area contributed by atoms with Crippen LogP contribution in [0.2, 0.25) is 0 Å². The van der Waals surface area contributed by atoms with Gasteiger partial charge in [-0.3, -0.25) is 14.5 Å². The molecule has 0 saturated carbocycles. The molecule has 4 rings (SSSR count). The highest BCUT2D eigenvalue weighted by Gasteiger charge is 2.26. The second-order valence-corrected chi connectivity index (χ2v) is 8.24. The quantitative estimate of drug-likeness (QED) is 0.818. The third-order valence-corrected chi connectivity index (χ3v) is 6.11. The molecule has 2 aliphatic heterocycles. The van der Waals surface area contributed by atoms with Gasteiger partial charge in [-0.05, 0) is 54.6 Å². The standard InChI is InChI=1S/C23H27N3O4/c1-16(27)25-11-8-20-19(14-25)15-26(22(28)21(20)23(29)30)13-18-6-4-17(5-7-18)12-24-9-2-3-10-24/h4-7,15H,2-3,8-14H2,1H3,(H,29,30). The Kier molecular flexibility index (Phi) is 5.72. The molecule has 3 heterocycles. The Hall–Kier alpha value is -2.93. The van der Waals surface area contributed by atoms with Crippen LogP contribution in [0.1, 0.15) is 52.4 Å². The number of carboxylic acids is 1. The highest BCUT2D eigenvalue weighted by Crippen LogP contribution is 2.21. The molecule has 2 aliphatic rings. The summed E-state index contributed by atoms with van der Waals surface area (Å²) < 4.78 is 1.46. The van der Waals surface area contributed by atoms with Crippen molar-refractivity contribution in [2.75, 3.05) is 19.6 Å². The summed E-state index contributed by atoms with van der Waals surface area (Å²) in [5, 5.41) is 9.66. The largest absolute Gasteiger partial charge is 0.477 e. The number of carboxylic acid groups (broad SMARTS) is 1. The molecule has 0 unspecified atom stereocenters. The highest BCUT2D eigenvalue weighted by molar-refractivity contribution is 5.89. The Morgan fingerprint density at radius 1 is 1.00 bits per heavy atom. The van der Waals surface area contributed by atoms with Crippen molar-refractivity contribution in [2.24, 2.45) is 0 Å². The highest BCUT2D eigenvalue weighted by atomic mass is 16.4. The molecule has 0 spiro atoms. The van der Waals surface area contributed by atoms with Crippen LogP contribution in [0.25, 0.3) is 0 Å².